The second-order valence-electron chi connectivity index (χ2n) is 5.81. The lowest BCUT2D eigenvalue weighted by Crippen LogP contribution is -2.29. The van der Waals surface area contributed by atoms with Crippen LogP contribution in [0.15, 0.2) is 18.2 Å². The van der Waals surface area contributed by atoms with E-state index < -0.39 is 5.79 Å². The lowest BCUT2D eigenvalue weighted by Gasteiger charge is -2.16. The van der Waals surface area contributed by atoms with Crippen molar-refractivity contribution in [3.05, 3.63) is 33.8 Å². The van der Waals surface area contributed by atoms with Crippen LogP contribution in [0.3, 0.4) is 0 Å². The highest BCUT2D eigenvalue weighted by molar-refractivity contribution is 7.11. The van der Waals surface area contributed by atoms with Crippen molar-refractivity contribution in [3.63, 3.8) is 0 Å². The van der Waals surface area contributed by atoms with Crippen molar-refractivity contribution < 1.29 is 9.47 Å². The zero-order chi connectivity index (χ0) is 15.2. The number of ether oxygens (including phenoxy) is 2. The molecular weight excluding hydrogens is 284 g/mol. The van der Waals surface area contributed by atoms with Crippen LogP contribution in [0.1, 0.15) is 42.4 Å². The van der Waals surface area contributed by atoms with E-state index in [0.29, 0.717) is 0 Å². The summed E-state index contributed by atoms with van der Waals surface area (Å²) in [5.74, 6) is 0.996. The predicted octanol–water partition coefficient (Wildman–Crippen LogP) is 4.44. The van der Waals surface area contributed by atoms with Crippen molar-refractivity contribution in [2.75, 3.05) is 5.32 Å². The highest BCUT2D eigenvalue weighted by atomic mass is 32.1. The number of aromatic nitrogens is 1. The summed E-state index contributed by atoms with van der Waals surface area (Å²) in [5, 5.41) is 4.60. The van der Waals surface area contributed by atoms with Crippen LogP contribution in [0.25, 0.3) is 0 Å². The van der Waals surface area contributed by atoms with Gasteiger partial charge in [0, 0.05) is 30.5 Å². The minimum Gasteiger partial charge on any atom is -0.449 e. The summed E-state index contributed by atoms with van der Waals surface area (Å²) in [6.45, 7) is 10.1. The van der Waals surface area contributed by atoms with Crippen LogP contribution in [0.5, 0.6) is 11.5 Å². The molecule has 1 aliphatic heterocycles. The third kappa shape index (κ3) is 2.83. The fourth-order valence-corrected chi connectivity index (χ4v) is 3.51. The van der Waals surface area contributed by atoms with Crippen molar-refractivity contribution in [3.8, 4) is 11.5 Å². The van der Waals surface area contributed by atoms with Gasteiger partial charge in [-0.3, -0.25) is 0 Å². The van der Waals surface area contributed by atoms with E-state index in [0.717, 1.165) is 27.9 Å². The quantitative estimate of drug-likeness (QED) is 0.910. The second kappa shape index (κ2) is 4.91. The Morgan fingerprint density at radius 1 is 1.19 bits per heavy atom. The molecule has 5 heteroatoms. The first-order valence-electron chi connectivity index (χ1n) is 7.06. The lowest BCUT2D eigenvalue weighted by atomic mass is 10.2. The molecule has 1 unspecified atom stereocenters. The van der Waals surface area contributed by atoms with Gasteiger partial charge in [-0.15, -0.1) is 11.3 Å². The van der Waals surface area contributed by atoms with Gasteiger partial charge in [0.15, 0.2) is 11.5 Å². The lowest BCUT2D eigenvalue weighted by molar-refractivity contribution is -0.0431. The van der Waals surface area contributed by atoms with E-state index in [2.05, 4.69) is 24.1 Å². The van der Waals surface area contributed by atoms with Crippen molar-refractivity contribution >= 4 is 17.0 Å². The molecule has 0 fully saturated rings. The first-order valence-corrected chi connectivity index (χ1v) is 7.88. The molecule has 3 rings (SSSR count). The zero-order valence-corrected chi connectivity index (χ0v) is 13.8. The minimum absolute atomic E-state index is 0.213. The van der Waals surface area contributed by atoms with Crippen molar-refractivity contribution in [2.45, 2.75) is 46.4 Å². The monoisotopic (exact) mass is 304 g/mol. The van der Waals surface area contributed by atoms with Crippen molar-refractivity contribution in [1.29, 1.82) is 0 Å². The molecule has 0 amide bonds. The maximum Gasteiger partial charge on any atom is 0.246 e. The van der Waals surface area contributed by atoms with Crippen molar-refractivity contribution in [1.82, 2.24) is 4.98 Å². The molecule has 4 nitrogen and oxygen atoms in total. The molecule has 1 N–H and O–H groups in total. The van der Waals surface area contributed by atoms with Gasteiger partial charge in [0.05, 0.1) is 16.7 Å². The van der Waals surface area contributed by atoms with Gasteiger partial charge in [0.25, 0.3) is 0 Å². The summed E-state index contributed by atoms with van der Waals surface area (Å²) in [6, 6.07) is 6.17. The van der Waals surface area contributed by atoms with Gasteiger partial charge in [-0.2, -0.15) is 0 Å². The van der Waals surface area contributed by atoms with E-state index in [1.807, 2.05) is 39.0 Å². The maximum absolute atomic E-state index is 5.78. The van der Waals surface area contributed by atoms with Crippen LogP contribution in [-0.4, -0.2) is 10.8 Å². The zero-order valence-electron chi connectivity index (χ0n) is 13.0. The van der Waals surface area contributed by atoms with E-state index in [4.69, 9.17) is 9.47 Å². The number of fused-ring (bicyclic) bond motifs is 1. The Hall–Kier alpha value is -1.75. The molecule has 1 aliphatic rings. The Bertz CT molecular complexity index is 679. The van der Waals surface area contributed by atoms with Gasteiger partial charge >= 0.3 is 0 Å². The largest absolute Gasteiger partial charge is 0.449 e. The number of nitrogens with one attached hydrogen (secondary N) is 1. The number of aryl methyl sites for hydroxylation is 2. The molecule has 0 saturated heterocycles. The van der Waals surface area contributed by atoms with Gasteiger partial charge in [-0.25, -0.2) is 4.98 Å². The SMILES string of the molecule is Cc1nc(C)c(C(C)Nc2ccc3c(c2)OC(C)(C)O3)s1. The molecule has 2 aromatic rings. The van der Waals surface area contributed by atoms with E-state index in [9.17, 15) is 0 Å². The van der Waals surface area contributed by atoms with Crippen LogP contribution in [0.2, 0.25) is 0 Å². The first-order chi connectivity index (χ1) is 9.84. The van der Waals surface area contributed by atoms with Crippen molar-refractivity contribution in [2.24, 2.45) is 0 Å². The summed E-state index contributed by atoms with van der Waals surface area (Å²) in [5.41, 5.74) is 2.12. The number of thiazole rings is 1. The summed E-state index contributed by atoms with van der Waals surface area (Å²) < 4.78 is 11.5. The molecule has 112 valence electrons. The number of rotatable bonds is 3. The molecule has 1 aromatic carbocycles. The minimum atomic E-state index is -0.585. The highest BCUT2D eigenvalue weighted by Gasteiger charge is 2.31. The molecule has 0 aliphatic carbocycles. The fourth-order valence-electron chi connectivity index (χ4n) is 2.58. The number of hydrogen-bond donors (Lipinski definition) is 1. The molecule has 0 bridgehead atoms. The predicted molar refractivity (Wildman–Crippen MR) is 85.4 cm³/mol. The third-order valence-electron chi connectivity index (χ3n) is 3.37. The number of nitrogens with zero attached hydrogens (tertiary/aromatic N) is 1. The van der Waals surface area contributed by atoms with E-state index in [1.165, 1.54) is 4.88 Å². The highest BCUT2D eigenvalue weighted by Crippen LogP contribution is 2.41. The molecular formula is C16H20N2O2S. The Kier molecular flexibility index (Phi) is 3.32. The topological polar surface area (TPSA) is 43.4 Å². The van der Waals surface area contributed by atoms with Crippen LogP contribution in [0, 0.1) is 13.8 Å². The smallest absolute Gasteiger partial charge is 0.246 e. The van der Waals surface area contributed by atoms with Gasteiger partial charge < -0.3 is 14.8 Å². The van der Waals surface area contributed by atoms with E-state index in [1.54, 1.807) is 11.3 Å². The Balaban J connectivity index is 1.79. The number of hydrogen-bond acceptors (Lipinski definition) is 5. The Morgan fingerprint density at radius 3 is 2.57 bits per heavy atom. The first kappa shape index (κ1) is 14.2. The molecule has 2 heterocycles. The summed E-state index contributed by atoms with van der Waals surface area (Å²) in [4.78, 5) is 5.75. The normalized spacial score (nSPS) is 16.8. The molecule has 1 aromatic heterocycles. The summed E-state index contributed by atoms with van der Waals surface area (Å²) in [6.07, 6.45) is 0. The third-order valence-corrected chi connectivity index (χ3v) is 4.63. The van der Waals surface area contributed by atoms with Gasteiger partial charge in [-0.05, 0) is 32.9 Å². The van der Waals surface area contributed by atoms with Crippen LogP contribution < -0.4 is 14.8 Å². The average Bonchev–Trinajstić information content (AvgIpc) is 2.86. The molecule has 0 radical (unpaired) electrons. The Labute approximate surface area is 129 Å². The number of anilines is 1. The molecule has 0 saturated carbocycles. The second-order valence-corrected chi connectivity index (χ2v) is 7.05. The van der Waals surface area contributed by atoms with E-state index >= 15 is 0 Å². The maximum atomic E-state index is 5.78. The summed E-state index contributed by atoms with van der Waals surface area (Å²) >= 11 is 1.74. The van der Waals surface area contributed by atoms with Crippen LogP contribution >= 0.6 is 11.3 Å². The molecule has 0 spiro atoms. The van der Waals surface area contributed by atoms with Crippen LogP contribution in [0.4, 0.5) is 5.69 Å². The van der Waals surface area contributed by atoms with Gasteiger partial charge in [-0.1, -0.05) is 0 Å². The number of benzene rings is 1. The standard InChI is InChI=1S/C16H20N2O2S/c1-9-15(21-11(3)17-9)10(2)18-12-6-7-13-14(8-12)20-16(4,5)19-13/h6-8,10,18H,1-5H3. The molecule has 21 heavy (non-hydrogen) atoms. The fraction of sp³-hybridized carbons (Fsp3) is 0.438. The molecule has 1 atom stereocenters. The average molecular weight is 304 g/mol. The summed E-state index contributed by atoms with van der Waals surface area (Å²) in [7, 11) is 0. The van der Waals surface area contributed by atoms with E-state index in [-0.39, 0.29) is 6.04 Å². The van der Waals surface area contributed by atoms with Crippen LogP contribution in [-0.2, 0) is 0 Å². The Morgan fingerprint density at radius 2 is 1.90 bits per heavy atom. The van der Waals surface area contributed by atoms with Gasteiger partial charge in [0.1, 0.15) is 0 Å². The van der Waals surface area contributed by atoms with Gasteiger partial charge in [0.2, 0.25) is 5.79 Å².